The predicted molar refractivity (Wildman–Crippen MR) is 65.6 cm³/mol. The van der Waals surface area contributed by atoms with Crippen molar-refractivity contribution in [3.05, 3.63) is 0 Å². The molecule has 0 radical (unpaired) electrons. The van der Waals surface area contributed by atoms with E-state index in [2.05, 4.69) is 10.8 Å². The van der Waals surface area contributed by atoms with Crippen LogP contribution in [0.15, 0.2) is 0 Å². The van der Waals surface area contributed by atoms with Gasteiger partial charge in [0.25, 0.3) is 0 Å². The SMILES string of the molecule is COCCONC(=O)CCNC(=O)C1CCCC1. The Hall–Kier alpha value is -1.14. The highest BCUT2D eigenvalue weighted by atomic mass is 16.7. The summed E-state index contributed by atoms with van der Waals surface area (Å²) in [6, 6.07) is 0. The number of ether oxygens (including phenoxy) is 1. The topological polar surface area (TPSA) is 76.7 Å². The van der Waals surface area contributed by atoms with Gasteiger partial charge in [-0.1, -0.05) is 12.8 Å². The zero-order valence-corrected chi connectivity index (χ0v) is 10.9. The van der Waals surface area contributed by atoms with E-state index < -0.39 is 0 Å². The smallest absolute Gasteiger partial charge is 0.245 e. The summed E-state index contributed by atoms with van der Waals surface area (Å²) < 4.78 is 4.76. The fourth-order valence-electron chi connectivity index (χ4n) is 1.94. The van der Waals surface area contributed by atoms with Crippen LogP contribution in [-0.4, -0.2) is 38.7 Å². The third-order valence-corrected chi connectivity index (χ3v) is 2.95. The van der Waals surface area contributed by atoms with Crippen molar-refractivity contribution < 1.29 is 19.2 Å². The Labute approximate surface area is 107 Å². The van der Waals surface area contributed by atoms with Gasteiger partial charge in [-0.15, -0.1) is 0 Å². The molecule has 2 N–H and O–H groups in total. The van der Waals surface area contributed by atoms with Crippen LogP contribution in [0.1, 0.15) is 32.1 Å². The Morgan fingerprint density at radius 2 is 1.94 bits per heavy atom. The minimum absolute atomic E-state index is 0.0700. The maximum absolute atomic E-state index is 11.6. The van der Waals surface area contributed by atoms with Crippen LogP contribution in [0, 0.1) is 5.92 Å². The molecule has 18 heavy (non-hydrogen) atoms. The van der Waals surface area contributed by atoms with Gasteiger partial charge in [-0.05, 0) is 12.8 Å². The molecule has 0 aromatic heterocycles. The standard InChI is InChI=1S/C12H22N2O4/c1-17-8-9-18-14-11(15)6-7-13-12(16)10-4-2-3-5-10/h10H,2-9H2,1H3,(H,13,16)(H,14,15). The number of amides is 2. The predicted octanol–water partition coefficient (Wildman–Crippen LogP) is 0.377. The number of methoxy groups -OCH3 is 1. The minimum atomic E-state index is -0.238. The van der Waals surface area contributed by atoms with Crippen molar-refractivity contribution in [2.75, 3.05) is 26.9 Å². The lowest BCUT2D eigenvalue weighted by molar-refractivity contribution is -0.134. The third-order valence-electron chi connectivity index (χ3n) is 2.95. The summed E-state index contributed by atoms with van der Waals surface area (Å²) in [6.45, 7) is 1.10. The van der Waals surface area contributed by atoms with E-state index >= 15 is 0 Å². The van der Waals surface area contributed by atoms with Gasteiger partial charge >= 0.3 is 0 Å². The van der Waals surface area contributed by atoms with Crippen LogP contribution in [0.3, 0.4) is 0 Å². The van der Waals surface area contributed by atoms with Crippen LogP contribution in [0.4, 0.5) is 0 Å². The average Bonchev–Trinajstić information content (AvgIpc) is 2.88. The summed E-state index contributed by atoms with van der Waals surface area (Å²) in [5, 5.41) is 2.78. The number of hydrogen-bond donors (Lipinski definition) is 2. The molecule has 0 aliphatic heterocycles. The van der Waals surface area contributed by atoms with E-state index in [-0.39, 0.29) is 24.2 Å². The Kier molecular flexibility index (Phi) is 7.36. The highest BCUT2D eigenvalue weighted by Crippen LogP contribution is 2.24. The number of carbonyl (C=O) groups excluding carboxylic acids is 2. The van der Waals surface area contributed by atoms with E-state index in [1.54, 1.807) is 7.11 Å². The fraction of sp³-hybridized carbons (Fsp3) is 0.833. The van der Waals surface area contributed by atoms with E-state index in [0.717, 1.165) is 25.7 Å². The molecule has 2 amide bonds. The summed E-state index contributed by atoms with van der Waals surface area (Å²) in [4.78, 5) is 27.8. The van der Waals surface area contributed by atoms with E-state index in [1.807, 2.05) is 0 Å². The maximum Gasteiger partial charge on any atom is 0.245 e. The lowest BCUT2D eigenvalue weighted by atomic mass is 10.1. The van der Waals surface area contributed by atoms with E-state index in [0.29, 0.717) is 19.8 Å². The largest absolute Gasteiger partial charge is 0.382 e. The first-order chi connectivity index (χ1) is 8.74. The fourth-order valence-corrected chi connectivity index (χ4v) is 1.94. The van der Waals surface area contributed by atoms with Gasteiger partial charge in [0.05, 0.1) is 13.2 Å². The van der Waals surface area contributed by atoms with Gasteiger partial charge in [-0.3, -0.25) is 14.4 Å². The molecule has 0 bridgehead atoms. The molecule has 1 aliphatic carbocycles. The van der Waals surface area contributed by atoms with Crippen molar-refractivity contribution in [3.8, 4) is 0 Å². The van der Waals surface area contributed by atoms with Crippen LogP contribution in [0.5, 0.6) is 0 Å². The summed E-state index contributed by atoms with van der Waals surface area (Å²) >= 11 is 0. The van der Waals surface area contributed by atoms with Crippen LogP contribution >= 0.6 is 0 Å². The van der Waals surface area contributed by atoms with Crippen molar-refractivity contribution in [1.29, 1.82) is 0 Å². The van der Waals surface area contributed by atoms with Crippen molar-refractivity contribution in [1.82, 2.24) is 10.8 Å². The molecule has 0 atom stereocenters. The first-order valence-corrected chi connectivity index (χ1v) is 6.41. The molecule has 0 spiro atoms. The second kappa shape index (κ2) is 8.88. The zero-order valence-electron chi connectivity index (χ0n) is 10.9. The quantitative estimate of drug-likeness (QED) is 0.487. The maximum atomic E-state index is 11.6. The molecule has 1 saturated carbocycles. The Morgan fingerprint density at radius 1 is 1.22 bits per heavy atom. The van der Waals surface area contributed by atoms with Gasteiger partial charge in [0, 0.05) is 26.0 Å². The number of nitrogens with one attached hydrogen (secondary N) is 2. The van der Waals surface area contributed by atoms with E-state index in [1.165, 1.54) is 0 Å². The van der Waals surface area contributed by atoms with Gasteiger partial charge in [0.1, 0.15) is 0 Å². The highest BCUT2D eigenvalue weighted by Gasteiger charge is 2.22. The number of hydrogen-bond acceptors (Lipinski definition) is 4. The molecular formula is C12H22N2O4. The second-order valence-electron chi connectivity index (χ2n) is 4.39. The molecule has 1 rings (SSSR count). The third kappa shape index (κ3) is 5.97. The molecular weight excluding hydrogens is 236 g/mol. The molecule has 0 unspecified atom stereocenters. The van der Waals surface area contributed by atoms with Gasteiger partial charge in [0.15, 0.2) is 0 Å². The number of hydroxylamine groups is 1. The Morgan fingerprint density at radius 3 is 2.61 bits per heavy atom. The van der Waals surface area contributed by atoms with E-state index in [4.69, 9.17) is 9.57 Å². The first kappa shape index (κ1) is 14.9. The molecule has 6 nitrogen and oxygen atoms in total. The summed E-state index contributed by atoms with van der Waals surface area (Å²) in [6.07, 6.45) is 4.43. The van der Waals surface area contributed by atoms with E-state index in [9.17, 15) is 9.59 Å². The van der Waals surface area contributed by atoms with Crippen LogP contribution in [-0.2, 0) is 19.2 Å². The molecule has 0 aromatic rings. The van der Waals surface area contributed by atoms with Crippen molar-refractivity contribution >= 4 is 11.8 Å². The zero-order chi connectivity index (χ0) is 13.2. The van der Waals surface area contributed by atoms with Crippen molar-refractivity contribution in [3.63, 3.8) is 0 Å². The van der Waals surface area contributed by atoms with Gasteiger partial charge in [-0.25, -0.2) is 5.48 Å². The molecule has 0 aromatic carbocycles. The first-order valence-electron chi connectivity index (χ1n) is 6.41. The molecule has 1 fully saturated rings. The normalized spacial score (nSPS) is 15.6. The molecule has 6 heteroatoms. The molecule has 1 aliphatic rings. The lowest BCUT2D eigenvalue weighted by Crippen LogP contribution is -2.34. The van der Waals surface area contributed by atoms with Gasteiger partial charge in [-0.2, -0.15) is 0 Å². The monoisotopic (exact) mass is 258 g/mol. The number of rotatable bonds is 8. The summed E-state index contributed by atoms with van der Waals surface area (Å²) in [5.74, 6) is -0.0237. The number of carbonyl (C=O) groups is 2. The summed E-state index contributed by atoms with van der Waals surface area (Å²) in [5.41, 5.74) is 2.29. The van der Waals surface area contributed by atoms with Crippen LogP contribution in [0.25, 0.3) is 0 Å². The van der Waals surface area contributed by atoms with Crippen LogP contribution in [0.2, 0.25) is 0 Å². The molecule has 0 heterocycles. The average molecular weight is 258 g/mol. The Balaban J connectivity index is 1.99. The van der Waals surface area contributed by atoms with Crippen molar-refractivity contribution in [2.24, 2.45) is 5.92 Å². The lowest BCUT2D eigenvalue weighted by Gasteiger charge is -2.10. The van der Waals surface area contributed by atoms with Crippen molar-refractivity contribution in [2.45, 2.75) is 32.1 Å². The Bertz CT molecular complexity index is 265. The van der Waals surface area contributed by atoms with Gasteiger partial charge < -0.3 is 10.1 Å². The van der Waals surface area contributed by atoms with Crippen LogP contribution < -0.4 is 10.8 Å². The molecule has 0 saturated heterocycles. The second-order valence-corrected chi connectivity index (χ2v) is 4.39. The van der Waals surface area contributed by atoms with Gasteiger partial charge in [0.2, 0.25) is 11.8 Å². The minimum Gasteiger partial charge on any atom is -0.382 e. The summed E-state index contributed by atoms with van der Waals surface area (Å²) in [7, 11) is 1.56. The highest BCUT2D eigenvalue weighted by molar-refractivity contribution is 5.80. The molecule has 104 valence electrons.